The fourth-order valence-electron chi connectivity index (χ4n) is 3.16. The van der Waals surface area contributed by atoms with Crippen LogP contribution in [-0.2, 0) is 4.74 Å². The van der Waals surface area contributed by atoms with Gasteiger partial charge in [-0.05, 0) is 43.1 Å². The van der Waals surface area contributed by atoms with Gasteiger partial charge in [0.1, 0.15) is 0 Å². The standard InChI is InChI=1S/C17H25NO/c18-16-9-8-15(14-4-2-1-3-5-14)12-17(16)19-11-10-13-6-7-13/h1-5,13,15-17H,6-12,18H2. The van der Waals surface area contributed by atoms with Crippen molar-refractivity contribution < 1.29 is 4.74 Å². The normalized spacial score (nSPS) is 31.3. The van der Waals surface area contributed by atoms with E-state index in [1.54, 1.807) is 0 Å². The predicted octanol–water partition coefficient (Wildman–Crippen LogP) is 3.47. The molecule has 1 aromatic carbocycles. The highest BCUT2D eigenvalue weighted by Crippen LogP contribution is 2.35. The van der Waals surface area contributed by atoms with E-state index in [0.717, 1.165) is 25.4 Å². The molecule has 19 heavy (non-hydrogen) atoms. The van der Waals surface area contributed by atoms with Crippen molar-refractivity contribution >= 4 is 0 Å². The number of hydrogen-bond acceptors (Lipinski definition) is 2. The van der Waals surface area contributed by atoms with Crippen molar-refractivity contribution in [2.24, 2.45) is 11.7 Å². The van der Waals surface area contributed by atoms with E-state index in [9.17, 15) is 0 Å². The Kier molecular flexibility index (Phi) is 4.19. The first-order valence-corrected chi connectivity index (χ1v) is 7.75. The van der Waals surface area contributed by atoms with E-state index in [1.807, 2.05) is 0 Å². The van der Waals surface area contributed by atoms with Crippen molar-refractivity contribution in [1.82, 2.24) is 0 Å². The summed E-state index contributed by atoms with van der Waals surface area (Å²) in [6.07, 6.45) is 7.70. The number of nitrogens with two attached hydrogens (primary N) is 1. The second-order valence-corrected chi connectivity index (χ2v) is 6.23. The molecule has 0 aliphatic heterocycles. The van der Waals surface area contributed by atoms with Crippen LogP contribution in [0.4, 0.5) is 0 Å². The van der Waals surface area contributed by atoms with E-state index in [-0.39, 0.29) is 12.1 Å². The minimum absolute atomic E-state index is 0.235. The molecule has 2 nitrogen and oxygen atoms in total. The molecule has 2 heteroatoms. The first kappa shape index (κ1) is 13.1. The van der Waals surface area contributed by atoms with Gasteiger partial charge in [-0.3, -0.25) is 0 Å². The van der Waals surface area contributed by atoms with Gasteiger partial charge in [0.25, 0.3) is 0 Å². The molecule has 3 rings (SSSR count). The predicted molar refractivity (Wildman–Crippen MR) is 78.1 cm³/mol. The fraction of sp³-hybridized carbons (Fsp3) is 0.647. The second-order valence-electron chi connectivity index (χ2n) is 6.23. The zero-order chi connectivity index (χ0) is 13.1. The summed E-state index contributed by atoms with van der Waals surface area (Å²) < 4.78 is 6.07. The molecular formula is C17H25NO. The minimum atomic E-state index is 0.235. The largest absolute Gasteiger partial charge is 0.377 e. The monoisotopic (exact) mass is 259 g/mol. The maximum Gasteiger partial charge on any atom is 0.0731 e. The summed E-state index contributed by atoms with van der Waals surface area (Å²) in [6.45, 7) is 0.907. The van der Waals surface area contributed by atoms with Gasteiger partial charge in [-0.15, -0.1) is 0 Å². The van der Waals surface area contributed by atoms with Gasteiger partial charge >= 0.3 is 0 Å². The van der Waals surface area contributed by atoms with Crippen LogP contribution in [0.15, 0.2) is 30.3 Å². The SMILES string of the molecule is NC1CCC(c2ccccc2)CC1OCCC1CC1. The molecule has 2 aliphatic carbocycles. The summed E-state index contributed by atoms with van der Waals surface area (Å²) in [4.78, 5) is 0. The van der Waals surface area contributed by atoms with Crippen LogP contribution in [0.2, 0.25) is 0 Å². The smallest absolute Gasteiger partial charge is 0.0731 e. The molecule has 1 aromatic rings. The number of rotatable bonds is 5. The van der Waals surface area contributed by atoms with E-state index in [1.165, 1.54) is 31.2 Å². The third-order valence-corrected chi connectivity index (χ3v) is 4.67. The third-order valence-electron chi connectivity index (χ3n) is 4.67. The summed E-state index contributed by atoms with van der Waals surface area (Å²) in [6, 6.07) is 11.1. The Morgan fingerprint density at radius 1 is 1.05 bits per heavy atom. The Hall–Kier alpha value is -0.860. The molecule has 2 aliphatic rings. The zero-order valence-corrected chi connectivity index (χ0v) is 11.6. The van der Waals surface area contributed by atoms with Crippen molar-refractivity contribution in [2.75, 3.05) is 6.61 Å². The van der Waals surface area contributed by atoms with Crippen LogP contribution < -0.4 is 5.73 Å². The Balaban J connectivity index is 1.53. The van der Waals surface area contributed by atoms with E-state index in [0.29, 0.717) is 5.92 Å². The molecule has 2 N–H and O–H groups in total. The number of ether oxygens (including phenoxy) is 1. The van der Waals surface area contributed by atoms with Crippen LogP contribution in [0.3, 0.4) is 0 Å². The molecule has 2 saturated carbocycles. The van der Waals surface area contributed by atoms with E-state index >= 15 is 0 Å². The van der Waals surface area contributed by atoms with Crippen molar-refractivity contribution in [2.45, 2.75) is 56.6 Å². The van der Waals surface area contributed by atoms with Crippen LogP contribution >= 0.6 is 0 Å². The van der Waals surface area contributed by atoms with E-state index < -0.39 is 0 Å². The highest BCUT2D eigenvalue weighted by atomic mass is 16.5. The Labute approximate surface area is 116 Å². The molecule has 0 spiro atoms. The highest BCUT2D eigenvalue weighted by Gasteiger charge is 2.30. The van der Waals surface area contributed by atoms with Crippen molar-refractivity contribution in [3.05, 3.63) is 35.9 Å². The summed E-state index contributed by atoms with van der Waals surface area (Å²) in [5, 5.41) is 0. The molecule has 2 fully saturated rings. The molecular weight excluding hydrogens is 234 g/mol. The molecule has 104 valence electrons. The first-order chi connectivity index (χ1) is 9.33. The summed E-state index contributed by atoms with van der Waals surface area (Å²) in [5.41, 5.74) is 7.68. The lowest BCUT2D eigenvalue weighted by molar-refractivity contribution is 0.00666. The van der Waals surface area contributed by atoms with Crippen LogP contribution in [0.5, 0.6) is 0 Å². The average Bonchev–Trinajstić information content (AvgIpc) is 3.26. The Bertz CT molecular complexity index is 388. The topological polar surface area (TPSA) is 35.2 Å². The van der Waals surface area contributed by atoms with E-state index in [2.05, 4.69) is 30.3 Å². The van der Waals surface area contributed by atoms with Crippen LogP contribution in [0.25, 0.3) is 0 Å². The first-order valence-electron chi connectivity index (χ1n) is 7.75. The molecule has 0 bridgehead atoms. The minimum Gasteiger partial charge on any atom is -0.377 e. The molecule has 0 saturated heterocycles. The second kappa shape index (κ2) is 6.06. The van der Waals surface area contributed by atoms with Crippen molar-refractivity contribution in [3.8, 4) is 0 Å². The lowest BCUT2D eigenvalue weighted by atomic mass is 9.80. The van der Waals surface area contributed by atoms with Gasteiger partial charge in [-0.1, -0.05) is 43.2 Å². The van der Waals surface area contributed by atoms with Gasteiger partial charge in [0.15, 0.2) is 0 Å². The highest BCUT2D eigenvalue weighted by molar-refractivity contribution is 5.20. The van der Waals surface area contributed by atoms with Crippen LogP contribution in [-0.4, -0.2) is 18.8 Å². The summed E-state index contributed by atoms with van der Waals surface area (Å²) in [7, 11) is 0. The maximum absolute atomic E-state index is 6.23. The number of hydrogen-bond donors (Lipinski definition) is 1. The average molecular weight is 259 g/mol. The molecule has 3 unspecified atom stereocenters. The Morgan fingerprint density at radius 3 is 2.58 bits per heavy atom. The van der Waals surface area contributed by atoms with Gasteiger partial charge in [0, 0.05) is 12.6 Å². The van der Waals surface area contributed by atoms with Gasteiger partial charge in [-0.25, -0.2) is 0 Å². The number of benzene rings is 1. The fourth-order valence-corrected chi connectivity index (χ4v) is 3.16. The summed E-state index contributed by atoms with van der Waals surface area (Å²) >= 11 is 0. The molecule has 0 radical (unpaired) electrons. The zero-order valence-electron chi connectivity index (χ0n) is 11.6. The Morgan fingerprint density at radius 2 is 1.84 bits per heavy atom. The van der Waals surface area contributed by atoms with Gasteiger partial charge in [0.05, 0.1) is 6.10 Å². The quantitative estimate of drug-likeness (QED) is 0.878. The van der Waals surface area contributed by atoms with Crippen LogP contribution in [0.1, 0.15) is 50.0 Å². The van der Waals surface area contributed by atoms with Crippen LogP contribution in [0, 0.1) is 5.92 Å². The maximum atomic E-state index is 6.23. The van der Waals surface area contributed by atoms with Gasteiger partial charge < -0.3 is 10.5 Å². The lowest BCUT2D eigenvalue weighted by Gasteiger charge is -2.34. The molecule has 0 aromatic heterocycles. The lowest BCUT2D eigenvalue weighted by Crippen LogP contribution is -2.41. The summed E-state index contributed by atoms with van der Waals surface area (Å²) in [5.74, 6) is 1.58. The molecule has 0 heterocycles. The van der Waals surface area contributed by atoms with E-state index in [4.69, 9.17) is 10.5 Å². The van der Waals surface area contributed by atoms with Crippen molar-refractivity contribution in [3.63, 3.8) is 0 Å². The van der Waals surface area contributed by atoms with Crippen molar-refractivity contribution in [1.29, 1.82) is 0 Å². The van der Waals surface area contributed by atoms with Gasteiger partial charge in [0.2, 0.25) is 0 Å². The molecule has 0 amide bonds. The molecule has 3 atom stereocenters. The van der Waals surface area contributed by atoms with Gasteiger partial charge in [-0.2, -0.15) is 0 Å². The third kappa shape index (κ3) is 3.58.